The number of hydrogen-bond donors (Lipinski definition) is 5. The normalized spacial score (nSPS) is 20.5. The molecule has 2 rings (SSSR count). The van der Waals surface area contributed by atoms with Gasteiger partial charge in [0.05, 0.1) is 37.8 Å². The fourth-order valence-electron chi connectivity index (χ4n) is 5.56. The molecular formula is C31H51N7O8. The van der Waals surface area contributed by atoms with Gasteiger partial charge >= 0.3 is 17.9 Å². The first-order valence-electron chi connectivity index (χ1n) is 15.6. The second-order valence-corrected chi connectivity index (χ2v) is 12.5. The Bertz CT molecular complexity index is 1210. The summed E-state index contributed by atoms with van der Waals surface area (Å²) >= 11 is 0. The van der Waals surface area contributed by atoms with Gasteiger partial charge in [-0.15, -0.1) is 0 Å². The quantitative estimate of drug-likeness (QED) is 0.145. The zero-order chi connectivity index (χ0) is 34.8. The lowest BCUT2D eigenvalue weighted by Crippen LogP contribution is -2.63. The third-order valence-corrected chi connectivity index (χ3v) is 9.03. The Kier molecular flexibility index (Phi) is 14.5. The van der Waals surface area contributed by atoms with Crippen LogP contribution in [-0.2, 0) is 24.0 Å². The molecular weight excluding hydrogens is 598 g/mol. The molecule has 1 aromatic rings. The van der Waals surface area contributed by atoms with Crippen molar-refractivity contribution < 1.29 is 39.3 Å². The van der Waals surface area contributed by atoms with Gasteiger partial charge in [-0.25, -0.2) is 10.0 Å². The van der Waals surface area contributed by atoms with E-state index in [0.29, 0.717) is 17.8 Å². The van der Waals surface area contributed by atoms with Crippen LogP contribution in [0, 0.1) is 5.92 Å². The number of benzene rings is 1. The number of anilines is 2. The van der Waals surface area contributed by atoms with Crippen molar-refractivity contribution >= 4 is 41.0 Å². The topological polar surface area (TPSA) is 214 Å². The van der Waals surface area contributed by atoms with Crippen molar-refractivity contribution in [3.63, 3.8) is 0 Å². The maximum Gasteiger partial charge on any atom is 0.317 e. The second-order valence-electron chi connectivity index (χ2n) is 12.5. The molecule has 0 bridgehead atoms. The van der Waals surface area contributed by atoms with Crippen molar-refractivity contribution in [2.45, 2.75) is 65.1 Å². The summed E-state index contributed by atoms with van der Waals surface area (Å²) in [4.78, 5) is 67.8. The standard InChI is InChI=1S/C31H51N7O8/c1-6-21(2)30(33)25(39)17-26(40)38(24-9-7-23(32)8-10-24)37-15-12-34(18-27(41)42)11-13-35(19-28(43)44)22(3)31(4,5)36(14-16-37)20-29(45)46/h7-10,21-22,30H,6,11-20,32-33H2,1-5H3,(H,41,42)(H,43,44)(H,45,46)/t21-,22?,30-/m0/s1. The highest BCUT2D eigenvalue weighted by Gasteiger charge is 2.39. The van der Waals surface area contributed by atoms with Gasteiger partial charge in [0.15, 0.2) is 5.78 Å². The van der Waals surface area contributed by atoms with Gasteiger partial charge in [0, 0.05) is 56.5 Å². The van der Waals surface area contributed by atoms with E-state index < -0.39 is 53.6 Å². The van der Waals surface area contributed by atoms with Gasteiger partial charge in [-0.2, -0.15) is 0 Å². The first-order chi connectivity index (χ1) is 21.5. The highest BCUT2D eigenvalue weighted by atomic mass is 16.4. The molecule has 1 aliphatic rings. The van der Waals surface area contributed by atoms with Crippen LogP contribution in [0.15, 0.2) is 24.3 Å². The molecule has 0 radical (unpaired) electrons. The van der Waals surface area contributed by atoms with Crippen molar-refractivity contribution in [3.05, 3.63) is 24.3 Å². The number of nitrogens with zero attached hydrogens (tertiary/aromatic N) is 5. The van der Waals surface area contributed by atoms with Gasteiger partial charge in [0.2, 0.25) is 5.91 Å². The SMILES string of the molecule is CC[C@H](C)[C@H](N)C(=O)CC(=O)N(c1ccc(N)cc1)N1CCN(CC(=O)O)CCN(CC(=O)O)C(C)C(C)(C)N(CC(=O)O)CC1. The molecule has 1 heterocycles. The van der Waals surface area contributed by atoms with Crippen LogP contribution in [0.1, 0.15) is 47.5 Å². The van der Waals surface area contributed by atoms with E-state index in [-0.39, 0.29) is 64.8 Å². The Morgan fingerprint density at radius 2 is 1.43 bits per heavy atom. The number of hydrazine groups is 1. The number of aliphatic carboxylic acids is 3. The average Bonchev–Trinajstić information content (AvgIpc) is 2.97. The van der Waals surface area contributed by atoms with Crippen LogP contribution in [0.5, 0.6) is 0 Å². The van der Waals surface area contributed by atoms with Gasteiger partial charge < -0.3 is 26.8 Å². The van der Waals surface area contributed by atoms with Crippen molar-refractivity contribution in [1.82, 2.24) is 19.7 Å². The van der Waals surface area contributed by atoms with Gasteiger partial charge in [0.1, 0.15) is 0 Å². The Hall–Kier alpha value is -3.63. The predicted octanol–water partition coefficient (Wildman–Crippen LogP) is 0.492. The van der Waals surface area contributed by atoms with E-state index in [4.69, 9.17) is 11.5 Å². The van der Waals surface area contributed by atoms with E-state index in [1.54, 1.807) is 44.0 Å². The molecule has 0 saturated carbocycles. The van der Waals surface area contributed by atoms with E-state index in [2.05, 4.69) is 0 Å². The minimum atomic E-state index is -1.08. The molecule has 1 amide bonds. The van der Waals surface area contributed by atoms with Crippen molar-refractivity contribution in [1.29, 1.82) is 0 Å². The number of carboxylic acids is 3. The van der Waals surface area contributed by atoms with Crippen molar-refractivity contribution in [2.24, 2.45) is 11.7 Å². The minimum Gasteiger partial charge on any atom is -0.480 e. The molecule has 1 unspecified atom stereocenters. The second kappa shape index (κ2) is 17.3. The smallest absolute Gasteiger partial charge is 0.317 e. The Morgan fingerprint density at radius 1 is 0.891 bits per heavy atom. The number of carboxylic acid groups (broad SMARTS) is 3. The molecule has 1 saturated heterocycles. The minimum absolute atomic E-state index is 0.116. The number of carbonyl (C=O) groups excluding carboxylic acids is 2. The lowest BCUT2D eigenvalue weighted by Gasteiger charge is -2.48. The van der Waals surface area contributed by atoms with Gasteiger partial charge in [-0.05, 0) is 51.0 Å². The lowest BCUT2D eigenvalue weighted by molar-refractivity contribution is -0.144. The highest BCUT2D eigenvalue weighted by Crippen LogP contribution is 2.26. The van der Waals surface area contributed by atoms with Crippen LogP contribution >= 0.6 is 0 Å². The van der Waals surface area contributed by atoms with E-state index >= 15 is 0 Å². The summed E-state index contributed by atoms with van der Waals surface area (Å²) in [6.45, 7) is 9.20. The summed E-state index contributed by atoms with van der Waals surface area (Å²) in [5.41, 5.74) is 12.1. The number of nitrogens with two attached hydrogens (primary N) is 2. The first-order valence-corrected chi connectivity index (χ1v) is 15.6. The summed E-state index contributed by atoms with van der Waals surface area (Å²) in [6, 6.07) is 5.23. The van der Waals surface area contributed by atoms with E-state index in [0.717, 1.165) is 0 Å². The number of Topliss-reactive ketones (excluding diaryl/α,β-unsaturated/α-hetero) is 1. The fourth-order valence-corrected chi connectivity index (χ4v) is 5.56. The Balaban J connectivity index is 2.61. The number of nitrogen functional groups attached to an aromatic ring is 1. The molecule has 0 aromatic heterocycles. The lowest BCUT2D eigenvalue weighted by atomic mass is 9.91. The van der Waals surface area contributed by atoms with E-state index in [1.807, 2.05) is 34.6 Å². The van der Waals surface area contributed by atoms with Crippen LogP contribution in [0.4, 0.5) is 11.4 Å². The summed E-state index contributed by atoms with van der Waals surface area (Å²) in [6.07, 6.45) is 0.183. The largest absolute Gasteiger partial charge is 0.480 e. The monoisotopic (exact) mass is 649 g/mol. The molecule has 7 N–H and O–H groups in total. The molecule has 1 aliphatic heterocycles. The predicted molar refractivity (Wildman–Crippen MR) is 173 cm³/mol. The van der Waals surface area contributed by atoms with Crippen molar-refractivity contribution in [3.8, 4) is 0 Å². The molecule has 15 heteroatoms. The number of amides is 1. The number of hydrogen-bond acceptors (Lipinski definition) is 11. The zero-order valence-electron chi connectivity index (χ0n) is 27.6. The van der Waals surface area contributed by atoms with Crippen LogP contribution in [0.2, 0.25) is 0 Å². The fraction of sp³-hybridized carbons (Fsp3) is 0.645. The number of ketones is 1. The molecule has 0 aliphatic carbocycles. The van der Waals surface area contributed by atoms with Gasteiger partial charge in [-0.3, -0.25) is 38.7 Å². The summed E-state index contributed by atoms with van der Waals surface area (Å²) in [5.74, 6) is -4.30. The summed E-state index contributed by atoms with van der Waals surface area (Å²) in [5, 5.41) is 32.2. The maximum atomic E-state index is 14.0. The third kappa shape index (κ3) is 11.0. The van der Waals surface area contributed by atoms with Gasteiger partial charge in [-0.1, -0.05) is 20.3 Å². The average molecular weight is 650 g/mol. The summed E-state index contributed by atoms with van der Waals surface area (Å²) in [7, 11) is 0. The van der Waals surface area contributed by atoms with E-state index in [1.165, 1.54) is 5.01 Å². The maximum absolute atomic E-state index is 14.0. The molecule has 258 valence electrons. The molecule has 46 heavy (non-hydrogen) atoms. The van der Waals surface area contributed by atoms with Crippen molar-refractivity contribution in [2.75, 3.05) is 69.6 Å². The first kappa shape index (κ1) is 38.6. The highest BCUT2D eigenvalue weighted by molar-refractivity contribution is 6.06. The molecule has 1 fully saturated rings. The summed E-state index contributed by atoms with van der Waals surface area (Å²) < 4.78 is 0. The number of carbonyl (C=O) groups is 5. The van der Waals surface area contributed by atoms with Crippen LogP contribution in [0.25, 0.3) is 0 Å². The van der Waals surface area contributed by atoms with E-state index in [9.17, 15) is 39.3 Å². The van der Waals surface area contributed by atoms with Gasteiger partial charge in [0.25, 0.3) is 0 Å². The molecule has 1 aromatic carbocycles. The Labute approximate surface area is 270 Å². The zero-order valence-corrected chi connectivity index (χ0v) is 27.6. The molecule has 0 spiro atoms. The number of rotatable bonds is 13. The van der Waals surface area contributed by atoms with Crippen LogP contribution in [0.3, 0.4) is 0 Å². The molecule has 15 nitrogen and oxygen atoms in total. The van der Waals surface area contributed by atoms with Crippen LogP contribution in [-0.4, -0.2) is 141 Å². The molecule has 3 atom stereocenters. The Morgan fingerprint density at radius 3 is 1.98 bits per heavy atom. The van der Waals surface area contributed by atoms with Crippen LogP contribution < -0.4 is 16.5 Å². The third-order valence-electron chi connectivity index (χ3n) is 9.03.